The van der Waals surface area contributed by atoms with Crippen LogP contribution in [0.5, 0.6) is 0 Å². The van der Waals surface area contributed by atoms with Gasteiger partial charge in [0.2, 0.25) is 11.7 Å². The van der Waals surface area contributed by atoms with Crippen molar-refractivity contribution in [2.24, 2.45) is 4.99 Å². The Labute approximate surface area is 148 Å². The van der Waals surface area contributed by atoms with Crippen LogP contribution in [0.25, 0.3) is 11.4 Å². The first kappa shape index (κ1) is 15.8. The van der Waals surface area contributed by atoms with E-state index < -0.39 is 10.0 Å². The Kier molecular flexibility index (Phi) is 3.78. The topological polar surface area (TPSA) is 97.5 Å². The van der Waals surface area contributed by atoms with Gasteiger partial charge in [-0.15, -0.1) is 0 Å². The fourth-order valence-electron chi connectivity index (χ4n) is 2.46. The molecule has 1 aliphatic rings. The Balaban J connectivity index is 1.60. The number of benzene rings is 2. The number of amidine groups is 1. The molecule has 2 aromatic carbocycles. The Hall–Kier alpha value is -2.71. The van der Waals surface area contributed by atoms with Gasteiger partial charge < -0.3 is 4.52 Å². The molecule has 1 aromatic heterocycles. The van der Waals surface area contributed by atoms with Crippen molar-refractivity contribution in [3.8, 4) is 11.4 Å². The number of aromatic nitrogens is 2. The predicted octanol–water partition coefficient (Wildman–Crippen LogP) is 2.63. The molecule has 4 rings (SSSR count). The summed E-state index contributed by atoms with van der Waals surface area (Å²) in [4.78, 5) is 8.72. The molecular weight excluding hydrogens is 364 g/mol. The van der Waals surface area contributed by atoms with Crippen molar-refractivity contribution in [1.29, 1.82) is 0 Å². The summed E-state index contributed by atoms with van der Waals surface area (Å²) in [5, 5.41) is 4.46. The van der Waals surface area contributed by atoms with Gasteiger partial charge in [-0.1, -0.05) is 41.0 Å². The van der Waals surface area contributed by atoms with Crippen molar-refractivity contribution in [2.45, 2.75) is 11.4 Å². The monoisotopic (exact) mass is 374 g/mol. The minimum absolute atomic E-state index is 0.0553. The minimum atomic E-state index is -3.56. The van der Waals surface area contributed by atoms with E-state index in [4.69, 9.17) is 16.1 Å². The van der Waals surface area contributed by atoms with Gasteiger partial charge in [0.05, 0.1) is 4.90 Å². The van der Waals surface area contributed by atoms with E-state index in [0.717, 1.165) is 5.56 Å². The Morgan fingerprint density at radius 1 is 1.16 bits per heavy atom. The number of fused-ring (bicyclic) bond motifs is 1. The number of hydrogen-bond acceptors (Lipinski definition) is 6. The molecule has 7 nitrogen and oxygen atoms in total. The van der Waals surface area contributed by atoms with Crippen molar-refractivity contribution in [1.82, 2.24) is 14.9 Å². The minimum Gasteiger partial charge on any atom is -0.337 e. The Bertz CT molecular complexity index is 1090. The molecule has 0 aliphatic carbocycles. The second kappa shape index (κ2) is 5.98. The first-order valence-corrected chi connectivity index (χ1v) is 9.14. The highest BCUT2D eigenvalue weighted by Gasteiger charge is 2.30. The van der Waals surface area contributed by atoms with Gasteiger partial charge in [-0.2, -0.15) is 4.98 Å². The predicted molar refractivity (Wildman–Crippen MR) is 91.7 cm³/mol. The van der Waals surface area contributed by atoms with Crippen LogP contribution in [0, 0.1) is 0 Å². The van der Waals surface area contributed by atoms with Crippen LogP contribution in [0.15, 0.2) is 62.9 Å². The third-order valence-corrected chi connectivity index (χ3v) is 5.22. The Morgan fingerprint density at radius 2 is 2.00 bits per heavy atom. The lowest BCUT2D eigenvalue weighted by Gasteiger charge is -1.96. The normalized spacial score (nSPS) is 16.6. The summed E-state index contributed by atoms with van der Waals surface area (Å²) in [5.41, 5.74) is 1.25. The maximum atomic E-state index is 12.0. The SMILES string of the molecule is O=S1(=O)NC(=NCc2nc(-c3cccc(Cl)c3)no2)c2ccccc21. The van der Waals surface area contributed by atoms with E-state index in [2.05, 4.69) is 19.9 Å². The van der Waals surface area contributed by atoms with Crippen LogP contribution in [0.3, 0.4) is 0 Å². The van der Waals surface area contributed by atoms with Gasteiger partial charge in [0.25, 0.3) is 10.0 Å². The fourth-order valence-corrected chi connectivity index (χ4v) is 3.90. The van der Waals surface area contributed by atoms with Crippen LogP contribution in [-0.2, 0) is 16.6 Å². The molecule has 0 amide bonds. The molecule has 3 aromatic rings. The Morgan fingerprint density at radius 3 is 2.84 bits per heavy atom. The summed E-state index contributed by atoms with van der Waals surface area (Å²) in [7, 11) is -3.56. The molecule has 0 unspecified atom stereocenters. The number of aliphatic imine (C=N–C) groups is 1. The molecule has 0 spiro atoms. The van der Waals surface area contributed by atoms with E-state index in [1.54, 1.807) is 36.4 Å². The number of nitrogens with zero attached hydrogens (tertiary/aromatic N) is 3. The lowest BCUT2D eigenvalue weighted by molar-refractivity contribution is 0.381. The zero-order valence-corrected chi connectivity index (χ0v) is 14.3. The molecule has 0 atom stereocenters. The van der Waals surface area contributed by atoms with E-state index in [1.165, 1.54) is 6.07 Å². The molecule has 0 fully saturated rings. The van der Waals surface area contributed by atoms with Gasteiger partial charge >= 0.3 is 0 Å². The largest absolute Gasteiger partial charge is 0.337 e. The smallest absolute Gasteiger partial charge is 0.263 e. The average molecular weight is 375 g/mol. The van der Waals surface area contributed by atoms with Crippen LogP contribution in [-0.4, -0.2) is 24.4 Å². The van der Waals surface area contributed by atoms with E-state index in [9.17, 15) is 8.42 Å². The molecule has 0 saturated heterocycles. The molecule has 9 heteroatoms. The van der Waals surface area contributed by atoms with E-state index in [-0.39, 0.29) is 23.2 Å². The third-order valence-electron chi connectivity index (χ3n) is 3.59. The molecular formula is C16H11ClN4O3S. The van der Waals surface area contributed by atoms with E-state index in [1.807, 2.05) is 6.07 Å². The van der Waals surface area contributed by atoms with Crippen LogP contribution in [0.1, 0.15) is 11.5 Å². The van der Waals surface area contributed by atoms with Crippen molar-refractivity contribution >= 4 is 27.5 Å². The molecule has 0 bridgehead atoms. The second-order valence-corrected chi connectivity index (χ2v) is 7.38. The summed E-state index contributed by atoms with van der Waals surface area (Å²) in [5.74, 6) is 0.925. The molecule has 0 saturated carbocycles. The quantitative estimate of drug-likeness (QED) is 0.760. The van der Waals surface area contributed by atoms with Gasteiger partial charge in [-0.25, -0.2) is 8.42 Å². The second-order valence-electron chi connectivity index (χ2n) is 5.29. The van der Waals surface area contributed by atoms with Crippen LogP contribution in [0.2, 0.25) is 5.02 Å². The van der Waals surface area contributed by atoms with Crippen LogP contribution >= 0.6 is 11.6 Å². The fraction of sp³-hybridized carbons (Fsp3) is 0.0625. The zero-order valence-electron chi connectivity index (χ0n) is 12.7. The first-order valence-electron chi connectivity index (χ1n) is 7.28. The summed E-state index contributed by atoms with van der Waals surface area (Å²) in [6.45, 7) is 0.0553. The maximum Gasteiger partial charge on any atom is 0.263 e. The summed E-state index contributed by atoms with van der Waals surface area (Å²) < 4.78 is 31.7. The lowest BCUT2D eigenvalue weighted by Crippen LogP contribution is -2.22. The number of halogens is 1. The number of hydrogen-bond donors (Lipinski definition) is 1. The average Bonchev–Trinajstić information content (AvgIpc) is 3.16. The highest BCUT2D eigenvalue weighted by Crippen LogP contribution is 2.23. The maximum absolute atomic E-state index is 12.0. The number of sulfonamides is 1. The van der Waals surface area contributed by atoms with Crippen LogP contribution in [0.4, 0.5) is 0 Å². The summed E-state index contributed by atoms with van der Waals surface area (Å²) in [6, 6.07) is 13.7. The molecule has 1 N–H and O–H groups in total. The highest BCUT2D eigenvalue weighted by molar-refractivity contribution is 7.90. The number of rotatable bonds is 3. The summed E-state index contributed by atoms with van der Waals surface area (Å²) >= 11 is 5.95. The molecule has 0 radical (unpaired) electrons. The van der Waals surface area contributed by atoms with Crippen molar-refractivity contribution in [3.63, 3.8) is 0 Å². The lowest BCUT2D eigenvalue weighted by atomic mass is 10.2. The molecule has 126 valence electrons. The van der Waals surface area contributed by atoms with Crippen molar-refractivity contribution < 1.29 is 12.9 Å². The van der Waals surface area contributed by atoms with Crippen molar-refractivity contribution in [3.05, 3.63) is 65.0 Å². The van der Waals surface area contributed by atoms with Gasteiger partial charge in [-0.3, -0.25) is 9.71 Å². The van der Waals surface area contributed by atoms with E-state index >= 15 is 0 Å². The van der Waals surface area contributed by atoms with Gasteiger partial charge in [0, 0.05) is 16.1 Å². The van der Waals surface area contributed by atoms with Gasteiger partial charge in [-0.05, 0) is 24.3 Å². The van der Waals surface area contributed by atoms with Gasteiger partial charge in [0.1, 0.15) is 12.4 Å². The number of nitrogens with one attached hydrogen (secondary N) is 1. The molecule has 1 aliphatic heterocycles. The van der Waals surface area contributed by atoms with Crippen molar-refractivity contribution in [2.75, 3.05) is 0 Å². The summed E-state index contributed by atoms with van der Waals surface area (Å²) in [6.07, 6.45) is 0. The van der Waals surface area contributed by atoms with E-state index in [0.29, 0.717) is 16.4 Å². The highest BCUT2D eigenvalue weighted by atomic mass is 35.5. The molecule has 2 heterocycles. The van der Waals surface area contributed by atoms with Gasteiger partial charge in [0.15, 0.2) is 0 Å². The first-order chi connectivity index (χ1) is 12.0. The third kappa shape index (κ3) is 3.01. The zero-order chi connectivity index (χ0) is 17.4. The van der Waals surface area contributed by atoms with Crippen LogP contribution < -0.4 is 4.72 Å². The molecule has 25 heavy (non-hydrogen) atoms. The standard InChI is InChI=1S/C16H11ClN4O3S/c17-11-5-3-4-10(8-11)15-19-14(24-20-15)9-18-16-12-6-1-2-7-13(12)25(22,23)21-16/h1-8H,9H2,(H,18,21).